The van der Waals surface area contributed by atoms with Gasteiger partial charge in [0.2, 0.25) is 0 Å². The van der Waals surface area contributed by atoms with Crippen LogP contribution in [0.3, 0.4) is 0 Å². The first-order valence-electron chi connectivity index (χ1n) is 16.1. The summed E-state index contributed by atoms with van der Waals surface area (Å²) < 4.78 is 6.17. The molecule has 4 aromatic rings. The van der Waals surface area contributed by atoms with Crippen molar-refractivity contribution < 1.29 is 24.2 Å². The number of pyridine rings is 1. The van der Waals surface area contributed by atoms with E-state index in [0.29, 0.717) is 36.6 Å². The summed E-state index contributed by atoms with van der Waals surface area (Å²) in [6.07, 6.45) is 6.74. The molecule has 6 rings (SSSR count). The summed E-state index contributed by atoms with van der Waals surface area (Å²) in [4.78, 5) is 45.7. The van der Waals surface area contributed by atoms with Crippen LogP contribution in [0, 0.1) is 13.8 Å². The third-order valence-corrected chi connectivity index (χ3v) is 10.3. The molecule has 244 valence electrons. The minimum atomic E-state index is -1.30. The number of aryl methyl sites for hydroxylation is 2. The minimum Gasteiger partial charge on any atom is -0.493 e. The van der Waals surface area contributed by atoms with Gasteiger partial charge in [-0.05, 0) is 91.6 Å². The fraction of sp³-hybridized carbons (Fsp3) is 0.351. The standard InChI is InChI=1S/C37H40N4O5S/c1-21-16-23(20-38)17-22(2)31(21)40-34(42)27-18-28-30(46-14-10-24-11-15-47-33(24)28)19-26(27)25-8-9-29(39-32(25)36(44)45)35(43)41-37(3)12-6-4-5-7-13-37/h8-9,11,15-19H,4-7,10,12-14,20,38H2,1-3H3,(H,40,42)(H,41,43)(H,44,45). The average molecular weight is 653 g/mol. The lowest BCUT2D eigenvalue weighted by Gasteiger charge is -2.29. The van der Waals surface area contributed by atoms with Crippen molar-refractivity contribution >= 4 is 34.8 Å². The molecule has 2 amide bonds. The molecule has 1 fully saturated rings. The van der Waals surface area contributed by atoms with Crippen LogP contribution in [0.25, 0.3) is 21.6 Å². The SMILES string of the molecule is Cc1cc(CN)cc(C)c1NC(=O)c1cc2c(cc1-c1ccc(C(=O)NC3(C)CCCCCC3)nc1C(=O)O)OCCc1ccsc1-2. The Labute approximate surface area is 278 Å². The number of aromatic carboxylic acids is 1. The first-order valence-corrected chi connectivity index (χ1v) is 17.0. The van der Waals surface area contributed by atoms with Crippen molar-refractivity contribution in [1.82, 2.24) is 10.3 Å². The number of ether oxygens (including phenoxy) is 1. The number of aromatic nitrogens is 1. The van der Waals surface area contributed by atoms with Gasteiger partial charge in [-0.3, -0.25) is 9.59 Å². The fourth-order valence-electron chi connectivity index (χ4n) is 6.81. The molecule has 5 N–H and O–H groups in total. The molecule has 2 aromatic carbocycles. The summed E-state index contributed by atoms with van der Waals surface area (Å²) in [5.41, 5.74) is 11.3. The van der Waals surface area contributed by atoms with Gasteiger partial charge in [-0.1, -0.05) is 37.8 Å². The van der Waals surface area contributed by atoms with E-state index in [-0.39, 0.29) is 28.1 Å². The number of carboxylic acid groups (broad SMARTS) is 1. The number of carbonyl (C=O) groups excluding carboxylic acids is 2. The van der Waals surface area contributed by atoms with Crippen molar-refractivity contribution in [2.24, 2.45) is 5.73 Å². The zero-order valence-electron chi connectivity index (χ0n) is 27.0. The molecule has 2 aromatic heterocycles. The first kappa shape index (κ1) is 32.4. The molecule has 2 aliphatic rings. The van der Waals surface area contributed by atoms with Crippen molar-refractivity contribution in [3.63, 3.8) is 0 Å². The van der Waals surface area contributed by atoms with Crippen LogP contribution >= 0.6 is 11.3 Å². The van der Waals surface area contributed by atoms with Gasteiger partial charge in [-0.2, -0.15) is 0 Å². The number of anilines is 1. The number of hydrogen-bond donors (Lipinski definition) is 4. The molecular formula is C37H40N4O5S. The number of fused-ring (bicyclic) bond motifs is 3. The average Bonchev–Trinajstić information content (AvgIpc) is 3.31. The van der Waals surface area contributed by atoms with Gasteiger partial charge in [0.1, 0.15) is 11.4 Å². The van der Waals surface area contributed by atoms with Gasteiger partial charge in [0, 0.05) is 51.3 Å². The summed E-state index contributed by atoms with van der Waals surface area (Å²) in [5.74, 6) is -1.57. The number of rotatable bonds is 7. The number of thiophene rings is 1. The maximum absolute atomic E-state index is 14.2. The minimum absolute atomic E-state index is 0.0168. The summed E-state index contributed by atoms with van der Waals surface area (Å²) in [7, 11) is 0. The quantitative estimate of drug-likeness (QED) is 0.154. The van der Waals surface area contributed by atoms with E-state index in [9.17, 15) is 19.5 Å². The Morgan fingerprint density at radius 3 is 2.36 bits per heavy atom. The van der Waals surface area contributed by atoms with E-state index in [4.69, 9.17) is 10.5 Å². The molecule has 0 saturated heterocycles. The highest BCUT2D eigenvalue weighted by Gasteiger charge is 2.30. The van der Waals surface area contributed by atoms with Crippen LogP contribution in [-0.4, -0.2) is 40.0 Å². The molecule has 3 heterocycles. The van der Waals surface area contributed by atoms with E-state index in [1.165, 1.54) is 6.07 Å². The third kappa shape index (κ3) is 6.66. The van der Waals surface area contributed by atoms with Crippen LogP contribution in [0.1, 0.15) is 99.0 Å². The number of nitrogens with one attached hydrogen (secondary N) is 2. The monoisotopic (exact) mass is 652 g/mol. The van der Waals surface area contributed by atoms with Crippen LogP contribution in [-0.2, 0) is 13.0 Å². The predicted octanol–water partition coefficient (Wildman–Crippen LogP) is 7.28. The van der Waals surface area contributed by atoms with E-state index in [2.05, 4.69) is 21.7 Å². The van der Waals surface area contributed by atoms with E-state index in [1.807, 2.05) is 38.3 Å². The van der Waals surface area contributed by atoms with Crippen LogP contribution in [0.4, 0.5) is 5.69 Å². The number of amides is 2. The van der Waals surface area contributed by atoms with Crippen molar-refractivity contribution in [2.75, 3.05) is 11.9 Å². The molecule has 1 aliphatic heterocycles. The molecule has 10 heteroatoms. The van der Waals surface area contributed by atoms with Gasteiger partial charge in [-0.25, -0.2) is 9.78 Å². The lowest BCUT2D eigenvalue weighted by molar-refractivity contribution is 0.0691. The molecule has 9 nitrogen and oxygen atoms in total. The van der Waals surface area contributed by atoms with Crippen LogP contribution < -0.4 is 21.1 Å². The Morgan fingerprint density at radius 2 is 1.68 bits per heavy atom. The number of carbonyl (C=O) groups is 3. The number of nitrogens with zero attached hydrogens (tertiary/aromatic N) is 1. The normalized spacial score (nSPS) is 15.3. The third-order valence-electron chi connectivity index (χ3n) is 9.29. The molecule has 1 saturated carbocycles. The van der Waals surface area contributed by atoms with Crippen molar-refractivity contribution in [2.45, 2.75) is 77.8 Å². The van der Waals surface area contributed by atoms with E-state index in [1.54, 1.807) is 29.5 Å². The van der Waals surface area contributed by atoms with E-state index >= 15 is 0 Å². The van der Waals surface area contributed by atoms with Crippen LogP contribution in [0.5, 0.6) is 5.75 Å². The zero-order chi connectivity index (χ0) is 33.3. The van der Waals surface area contributed by atoms with Crippen molar-refractivity contribution in [3.8, 4) is 27.3 Å². The summed E-state index contributed by atoms with van der Waals surface area (Å²) in [5, 5.41) is 18.6. The molecule has 47 heavy (non-hydrogen) atoms. The van der Waals surface area contributed by atoms with Gasteiger partial charge in [0.05, 0.1) is 6.61 Å². The first-order chi connectivity index (χ1) is 22.6. The second kappa shape index (κ2) is 13.3. The van der Waals surface area contributed by atoms with E-state index < -0.39 is 17.8 Å². The van der Waals surface area contributed by atoms with Crippen molar-refractivity contribution in [1.29, 1.82) is 0 Å². The number of carboxylic acids is 1. The topological polar surface area (TPSA) is 144 Å². The molecule has 0 bridgehead atoms. The fourth-order valence-corrected chi connectivity index (χ4v) is 7.79. The molecular weight excluding hydrogens is 612 g/mol. The summed E-state index contributed by atoms with van der Waals surface area (Å²) >= 11 is 1.57. The smallest absolute Gasteiger partial charge is 0.355 e. The Balaban J connectivity index is 1.45. The highest BCUT2D eigenvalue weighted by molar-refractivity contribution is 7.13. The number of benzene rings is 2. The Kier molecular flexibility index (Phi) is 9.16. The maximum atomic E-state index is 14.2. The summed E-state index contributed by atoms with van der Waals surface area (Å²) in [6.45, 7) is 6.69. The lowest BCUT2D eigenvalue weighted by atomic mass is 9.92. The highest BCUT2D eigenvalue weighted by atomic mass is 32.1. The Hall–Kier alpha value is -4.54. The van der Waals surface area contributed by atoms with E-state index in [0.717, 1.165) is 71.2 Å². The van der Waals surface area contributed by atoms with Gasteiger partial charge in [0.25, 0.3) is 11.8 Å². The molecule has 0 spiro atoms. The highest BCUT2D eigenvalue weighted by Crippen LogP contribution is 2.43. The second-order valence-corrected chi connectivity index (χ2v) is 13.8. The van der Waals surface area contributed by atoms with Gasteiger partial charge < -0.3 is 26.2 Å². The Bertz CT molecular complexity index is 1850. The predicted molar refractivity (Wildman–Crippen MR) is 184 cm³/mol. The largest absolute Gasteiger partial charge is 0.493 e. The molecule has 0 radical (unpaired) electrons. The molecule has 1 aliphatic carbocycles. The number of nitrogens with two attached hydrogens (primary N) is 1. The van der Waals surface area contributed by atoms with Crippen molar-refractivity contribution in [3.05, 3.63) is 87.0 Å². The molecule has 0 unspecified atom stereocenters. The second-order valence-electron chi connectivity index (χ2n) is 12.9. The van der Waals surface area contributed by atoms with Gasteiger partial charge >= 0.3 is 5.97 Å². The summed E-state index contributed by atoms with van der Waals surface area (Å²) in [6, 6.07) is 12.5. The maximum Gasteiger partial charge on any atom is 0.355 e. The van der Waals surface area contributed by atoms with Crippen LogP contribution in [0.2, 0.25) is 0 Å². The zero-order valence-corrected chi connectivity index (χ0v) is 27.8. The Morgan fingerprint density at radius 1 is 0.957 bits per heavy atom. The number of hydrogen-bond acceptors (Lipinski definition) is 7. The van der Waals surface area contributed by atoms with Crippen LogP contribution in [0.15, 0.2) is 47.8 Å². The van der Waals surface area contributed by atoms with Gasteiger partial charge in [0.15, 0.2) is 5.69 Å². The molecule has 0 atom stereocenters. The lowest BCUT2D eigenvalue weighted by Crippen LogP contribution is -2.45. The van der Waals surface area contributed by atoms with Gasteiger partial charge in [-0.15, -0.1) is 11.3 Å².